The molecule has 1 atom stereocenters. The van der Waals surface area contributed by atoms with Gasteiger partial charge in [0.25, 0.3) is 5.91 Å². The molecule has 3 nitrogen and oxygen atoms in total. The number of nitrogens with one attached hydrogen (secondary N) is 1. The molecule has 0 aliphatic heterocycles. The van der Waals surface area contributed by atoms with Crippen molar-refractivity contribution in [3.63, 3.8) is 0 Å². The number of carbonyl (C=O) groups is 1. The second-order valence-corrected chi connectivity index (χ2v) is 3.30. The molecular weight excluding hydrogens is 223 g/mol. The van der Waals surface area contributed by atoms with Crippen LogP contribution in [-0.4, -0.2) is 23.7 Å². The quantitative estimate of drug-likeness (QED) is 0.824. The summed E-state index contributed by atoms with van der Waals surface area (Å²) in [7, 11) is 0. The molecule has 0 aliphatic carbocycles. The SMILES string of the molecule is CC(O)CNC(=O)c1c(F)cc(F)cc1F. The lowest BCUT2D eigenvalue weighted by molar-refractivity contribution is 0.0915. The average molecular weight is 233 g/mol. The molecule has 6 heteroatoms. The number of rotatable bonds is 3. The zero-order valence-electron chi connectivity index (χ0n) is 8.43. The lowest BCUT2D eigenvalue weighted by Gasteiger charge is -2.08. The number of halogens is 3. The topological polar surface area (TPSA) is 49.3 Å². The molecule has 0 saturated heterocycles. The van der Waals surface area contributed by atoms with Gasteiger partial charge in [-0.3, -0.25) is 4.79 Å². The van der Waals surface area contributed by atoms with Crippen LogP contribution in [0.2, 0.25) is 0 Å². The zero-order valence-corrected chi connectivity index (χ0v) is 8.43. The minimum atomic E-state index is -1.28. The maximum absolute atomic E-state index is 13.1. The van der Waals surface area contributed by atoms with Crippen LogP contribution in [-0.2, 0) is 0 Å². The molecule has 0 aliphatic rings. The number of aliphatic hydroxyl groups excluding tert-OH is 1. The summed E-state index contributed by atoms with van der Waals surface area (Å²) in [6, 6.07) is 0.834. The van der Waals surface area contributed by atoms with Gasteiger partial charge in [0.15, 0.2) is 0 Å². The number of hydrogen-bond acceptors (Lipinski definition) is 2. The summed E-state index contributed by atoms with van der Waals surface area (Å²) in [5.74, 6) is -4.68. The van der Waals surface area contributed by atoms with E-state index in [4.69, 9.17) is 5.11 Å². The van der Waals surface area contributed by atoms with E-state index < -0.39 is 35.0 Å². The Hall–Kier alpha value is -1.56. The molecular formula is C10H10F3NO2. The first kappa shape index (κ1) is 12.5. The molecule has 2 N–H and O–H groups in total. The van der Waals surface area contributed by atoms with E-state index >= 15 is 0 Å². The second kappa shape index (κ2) is 4.98. The van der Waals surface area contributed by atoms with E-state index in [9.17, 15) is 18.0 Å². The Labute approximate surface area is 89.9 Å². The van der Waals surface area contributed by atoms with Crippen molar-refractivity contribution < 1.29 is 23.1 Å². The standard InChI is InChI=1S/C10H10F3NO2/c1-5(15)4-14-10(16)9-7(12)2-6(11)3-8(9)13/h2-3,5,15H,4H2,1H3,(H,14,16). The van der Waals surface area contributed by atoms with Gasteiger partial charge in [-0.05, 0) is 6.92 Å². The molecule has 0 radical (unpaired) electrons. The molecule has 1 aromatic rings. The van der Waals surface area contributed by atoms with Gasteiger partial charge in [-0.1, -0.05) is 0 Å². The smallest absolute Gasteiger partial charge is 0.257 e. The van der Waals surface area contributed by atoms with Crippen molar-refractivity contribution in [2.45, 2.75) is 13.0 Å². The Kier molecular flexibility index (Phi) is 3.89. The van der Waals surface area contributed by atoms with E-state index in [1.54, 1.807) is 0 Å². The summed E-state index contributed by atoms with van der Waals surface area (Å²) in [6.07, 6.45) is -0.837. The molecule has 0 aromatic heterocycles. The van der Waals surface area contributed by atoms with E-state index in [0.29, 0.717) is 12.1 Å². The highest BCUT2D eigenvalue weighted by molar-refractivity contribution is 5.94. The van der Waals surface area contributed by atoms with Crippen molar-refractivity contribution in [3.05, 3.63) is 35.1 Å². The largest absolute Gasteiger partial charge is 0.392 e. The molecule has 16 heavy (non-hydrogen) atoms. The summed E-state index contributed by atoms with van der Waals surface area (Å²) >= 11 is 0. The van der Waals surface area contributed by atoms with Gasteiger partial charge in [-0.2, -0.15) is 0 Å². The molecule has 0 fully saturated rings. The van der Waals surface area contributed by atoms with Crippen LogP contribution in [0.5, 0.6) is 0 Å². The molecule has 0 spiro atoms. The Bertz CT molecular complexity index is 384. The van der Waals surface area contributed by atoms with Crippen molar-refractivity contribution in [2.24, 2.45) is 0 Å². The third kappa shape index (κ3) is 2.96. The molecule has 88 valence electrons. The highest BCUT2D eigenvalue weighted by Crippen LogP contribution is 2.14. The van der Waals surface area contributed by atoms with Gasteiger partial charge in [0.1, 0.15) is 23.0 Å². The highest BCUT2D eigenvalue weighted by atomic mass is 19.1. The molecule has 0 bridgehead atoms. The van der Waals surface area contributed by atoms with Crippen LogP contribution in [0.25, 0.3) is 0 Å². The van der Waals surface area contributed by atoms with Crippen LogP contribution in [0, 0.1) is 17.5 Å². The van der Waals surface area contributed by atoms with Crippen LogP contribution in [0.4, 0.5) is 13.2 Å². The third-order valence-corrected chi connectivity index (χ3v) is 1.79. The molecule has 1 unspecified atom stereocenters. The van der Waals surface area contributed by atoms with E-state index in [0.717, 1.165) is 0 Å². The number of amides is 1. The Morgan fingerprint density at radius 2 is 1.88 bits per heavy atom. The first-order valence-corrected chi connectivity index (χ1v) is 4.52. The Morgan fingerprint density at radius 3 is 2.31 bits per heavy atom. The average Bonchev–Trinajstić information content (AvgIpc) is 2.12. The fourth-order valence-corrected chi connectivity index (χ4v) is 1.09. The van der Waals surface area contributed by atoms with Crippen LogP contribution < -0.4 is 5.32 Å². The minimum Gasteiger partial charge on any atom is -0.392 e. The van der Waals surface area contributed by atoms with Crippen molar-refractivity contribution in [1.29, 1.82) is 0 Å². The predicted molar refractivity (Wildman–Crippen MR) is 50.3 cm³/mol. The van der Waals surface area contributed by atoms with Gasteiger partial charge in [0, 0.05) is 18.7 Å². The highest BCUT2D eigenvalue weighted by Gasteiger charge is 2.18. The van der Waals surface area contributed by atoms with Crippen molar-refractivity contribution in [2.75, 3.05) is 6.54 Å². The zero-order chi connectivity index (χ0) is 12.3. The third-order valence-electron chi connectivity index (χ3n) is 1.79. The Balaban J connectivity index is 2.91. The normalized spacial score (nSPS) is 12.3. The predicted octanol–water partition coefficient (Wildman–Crippen LogP) is 1.21. The summed E-state index contributed by atoms with van der Waals surface area (Å²) in [6.45, 7) is 1.26. The van der Waals surface area contributed by atoms with Crippen molar-refractivity contribution in [1.82, 2.24) is 5.32 Å². The first-order chi connectivity index (χ1) is 7.41. The van der Waals surface area contributed by atoms with Gasteiger partial charge >= 0.3 is 0 Å². The van der Waals surface area contributed by atoms with E-state index in [1.165, 1.54) is 6.92 Å². The maximum Gasteiger partial charge on any atom is 0.257 e. The second-order valence-electron chi connectivity index (χ2n) is 3.30. The molecule has 0 saturated carbocycles. The minimum absolute atomic E-state index is 0.144. The fourth-order valence-electron chi connectivity index (χ4n) is 1.09. The van der Waals surface area contributed by atoms with E-state index in [2.05, 4.69) is 5.32 Å². The lowest BCUT2D eigenvalue weighted by Crippen LogP contribution is -2.31. The first-order valence-electron chi connectivity index (χ1n) is 4.52. The van der Waals surface area contributed by atoms with Gasteiger partial charge in [0.2, 0.25) is 0 Å². The van der Waals surface area contributed by atoms with Crippen molar-refractivity contribution >= 4 is 5.91 Å². The maximum atomic E-state index is 13.1. The van der Waals surface area contributed by atoms with Gasteiger partial charge in [-0.15, -0.1) is 0 Å². The molecule has 1 rings (SSSR count). The monoisotopic (exact) mass is 233 g/mol. The fraction of sp³-hybridized carbons (Fsp3) is 0.300. The number of carbonyl (C=O) groups excluding carboxylic acids is 1. The van der Waals surface area contributed by atoms with Crippen LogP contribution in [0.15, 0.2) is 12.1 Å². The summed E-state index contributed by atoms with van der Waals surface area (Å²) in [4.78, 5) is 11.3. The van der Waals surface area contributed by atoms with Crippen LogP contribution in [0.1, 0.15) is 17.3 Å². The van der Waals surface area contributed by atoms with Crippen LogP contribution in [0.3, 0.4) is 0 Å². The molecule has 0 heterocycles. The Morgan fingerprint density at radius 1 is 1.38 bits per heavy atom. The molecule has 1 amide bonds. The number of hydrogen-bond donors (Lipinski definition) is 2. The number of benzene rings is 1. The summed E-state index contributed by atoms with van der Waals surface area (Å²) in [5, 5.41) is 11.0. The van der Waals surface area contributed by atoms with E-state index in [1.807, 2.05) is 0 Å². The summed E-state index contributed by atoms with van der Waals surface area (Å²) < 4.78 is 38.7. The molecule has 1 aromatic carbocycles. The summed E-state index contributed by atoms with van der Waals surface area (Å²) in [5.41, 5.74) is -0.859. The van der Waals surface area contributed by atoms with E-state index in [-0.39, 0.29) is 6.54 Å². The number of aliphatic hydroxyl groups is 1. The van der Waals surface area contributed by atoms with Crippen LogP contribution >= 0.6 is 0 Å². The van der Waals surface area contributed by atoms with Crippen molar-refractivity contribution in [3.8, 4) is 0 Å². The van der Waals surface area contributed by atoms with Gasteiger partial charge in [-0.25, -0.2) is 13.2 Å². The van der Waals surface area contributed by atoms with Gasteiger partial charge in [0.05, 0.1) is 6.10 Å². The van der Waals surface area contributed by atoms with Gasteiger partial charge < -0.3 is 10.4 Å². The lowest BCUT2D eigenvalue weighted by atomic mass is 10.1.